The Morgan fingerprint density at radius 2 is 1.71 bits per heavy atom. The summed E-state index contributed by atoms with van der Waals surface area (Å²) < 4.78 is 27.1. The summed E-state index contributed by atoms with van der Waals surface area (Å²) in [6.45, 7) is 3.98. The Morgan fingerprint density at radius 3 is 2.32 bits per heavy atom. The van der Waals surface area contributed by atoms with Crippen molar-refractivity contribution in [3.8, 4) is 0 Å². The molecule has 0 aliphatic rings. The zero-order valence-electron chi connectivity index (χ0n) is 17.3. The lowest BCUT2D eigenvalue weighted by Gasteiger charge is -2.25. The Hall–Kier alpha value is -2.35. The number of carbonyl (C=O) groups excluding carboxylic acids is 1. The van der Waals surface area contributed by atoms with E-state index in [1.807, 2.05) is 32.0 Å². The molecule has 0 aromatic heterocycles. The molecule has 0 fully saturated rings. The van der Waals surface area contributed by atoms with Gasteiger partial charge < -0.3 is 5.32 Å². The van der Waals surface area contributed by atoms with Gasteiger partial charge in [0.25, 0.3) is 5.91 Å². The van der Waals surface area contributed by atoms with E-state index in [2.05, 4.69) is 21.2 Å². The molecule has 0 bridgehead atoms. The maximum atomic E-state index is 12.5. The number of rotatable bonds is 6. The topological polar surface area (TPSA) is 66.5 Å². The molecule has 162 valence electrons. The molecule has 3 aromatic carbocycles. The van der Waals surface area contributed by atoms with Crippen molar-refractivity contribution in [2.45, 2.75) is 20.4 Å². The first-order chi connectivity index (χ1) is 14.5. The fourth-order valence-corrected chi connectivity index (χ4v) is 4.44. The normalized spacial score (nSPS) is 11.3. The molecule has 0 heterocycles. The standard InChI is InChI=1S/C23H22BrClN2O3S/c1-15-4-5-16(2)22(12-15)27(31(3,29)30)14-17-6-8-18(9-7-17)23(28)26-19-10-11-20(24)21(25)13-19/h4-13H,14H2,1-3H3,(H,26,28). The summed E-state index contributed by atoms with van der Waals surface area (Å²) >= 11 is 9.38. The molecule has 0 saturated carbocycles. The molecular weight excluding hydrogens is 500 g/mol. The third-order valence-electron chi connectivity index (χ3n) is 4.75. The van der Waals surface area contributed by atoms with E-state index >= 15 is 0 Å². The monoisotopic (exact) mass is 520 g/mol. The summed E-state index contributed by atoms with van der Waals surface area (Å²) in [4.78, 5) is 12.5. The number of nitrogens with one attached hydrogen (secondary N) is 1. The number of anilines is 2. The number of amides is 1. The maximum absolute atomic E-state index is 12.5. The van der Waals surface area contributed by atoms with Gasteiger partial charge in [0.2, 0.25) is 10.0 Å². The van der Waals surface area contributed by atoms with Crippen molar-refractivity contribution < 1.29 is 13.2 Å². The molecule has 1 N–H and O–H groups in total. The number of sulfonamides is 1. The average molecular weight is 522 g/mol. The Labute approximate surface area is 196 Å². The van der Waals surface area contributed by atoms with Crippen LogP contribution in [0, 0.1) is 13.8 Å². The first-order valence-electron chi connectivity index (χ1n) is 9.45. The molecular formula is C23H22BrClN2O3S. The molecule has 5 nitrogen and oxygen atoms in total. The van der Waals surface area contributed by atoms with Crippen LogP contribution in [0.1, 0.15) is 27.0 Å². The van der Waals surface area contributed by atoms with Gasteiger partial charge in [-0.15, -0.1) is 0 Å². The Morgan fingerprint density at radius 1 is 1.03 bits per heavy atom. The van der Waals surface area contributed by atoms with Gasteiger partial charge in [-0.2, -0.15) is 0 Å². The number of carbonyl (C=O) groups is 1. The Kier molecular flexibility index (Phi) is 7.09. The summed E-state index contributed by atoms with van der Waals surface area (Å²) in [5.41, 5.74) is 4.32. The largest absolute Gasteiger partial charge is 0.322 e. The molecule has 1 amide bonds. The van der Waals surface area contributed by atoms with E-state index in [1.54, 1.807) is 42.5 Å². The van der Waals surface area contributed by atoms with Gasteiger partial charge in [-0.05, 0) is 82.9 Å². The van der Waals surface area contributed by atoms with E-state index in [-0.39, 0.29) is 12.5 Å². The van der Waals surface area contributed by atoms with E-state index in [0.29, 0.717) is 22.0 Å². The van der Waals surface area contributed by atoms with Gasteiger partial charge in [0, 0.05) is 15.7 Å². The molecule has 3 aromatic rings. The highest BCUT2D eigenvalue weighted by Crippen LogP contribution is 2.27. The van der Waals surface area contributed by atoms with Crippen LogP contribution in [0.4, 0.5) is 11.4 Å². The van der Waals surface area contributed by atoms with Crippen LogP contribution in [0.2, 0.25) is 5.02 Å². The summed E-state index contributed by atoms with van der Waals surface area (Å²) in [6.07, 6.45) is 1.19. The third kappa shape index (κ3) is 5.87. The minimum absolute atomic E-state index is 0.174. The lowest BCUT2D eigenvalue weighted by molar-refractivity contribution is 0.102. The first-order valence-corrected chi connectivity index (χ1v) is 12.5. The van der Waals surface area contributed by atoms with Crippen molar-refractivity contribution >= 4 is 54.8 Å². The highest BCUT2D eigenvalue weighted by molar-refractivity contribution is 9.10. The van der Waals surface area contributed by atoms with Crippen LogP contribution in [0.25, 0.3) is 0 Å². The summed E-state index contributed by atoms with van der Waals surface area (Å²) in [5.74, 6) is -0.278. The van der Waals surface area contributed by atoms with Crippen LogP contribution in [0.15, 0.2) is 65.1 Å². The summed E-state index contributed by atoms with van der Waals surface area (Å²) in [7, 11) is -3.49. The zero-order valence-corrected chi connectivity index (χ0v) is 20.5. The molecule has 0 spiro atoms. The van der Waals surface area contributed by atoms with E-state index in [4.69, 9.17) is 11.6 Å². The Balaban J connectivity index is 1.80. The van der Waals surface area contributed by atoms with Crippen LogP contribution in [-0.2, 0) is 16.6 Å². The second-order valence-electron chi connectivity index (χ2n) is 7.34. The van der Waals surface area contributed by atoms with E-state index in [1.165, 1.54) is 10.6 Å². The van der Waals surface area contributed by atoms with Gasteiger partial charge in [-0.25, -0.2) is 8.42 Å². The van der Waals surface area contributed by atoms with Gasteiger partial charge in [0.05, 0.1) is 23.5 Å². The third-order valence-corrected chi connectivity index (χ3v) is 7.11. The van der Waals surface area contributed by atoms with Crippen molar-refractivity contribution in [1.29, 1.82) is 0 Å². The van der Waals surface area contributed by atoms with Crippen molar-refractivity contribution in [2.75, 3.05) is 15.9 Å². The number of nitrogens with zero attached hydrogens (tertiary/aromatic N) is 1. The van der Waals surface area contributed by atoms with Gasteiger partial charge in [-0.1, -0.05) is 35.9 Å². The zero-order chi connectivity index (χ0) is 22.8. The number of hydrogen-bond donors (Lipinski definition) is 1. The van der Waals surface area contributed by atoms with Crippen molar-refractivity contribution in [1.82, 2.24) is 0 Å². The fraction of sp³-hybridized carbons (Fsp3) is 0.174. The predicted octanol–water partition coefficient (Wildman–Crippen LogP) is 5.94. The minimum Gasteiger partial charge on any atom is -0.322 e. The van der Waals surface area contributed by atoms with Crippen molar-refractivity contribution in [3.63, 3.8) is 0 Å². The van der Waals surface area contributed by atoms with E-state index < -0.39 is 10.0 Å². The smallest absolute Gasteiger partial charge is 0.255 e. The second kappa shape index (κ2) is 9.42. The van der Waals surface area contributed by atoms with Crippen molar-refractivity contribution in [3.05, 3.63) is 92.4 Å². The summed E-state index contributed by atoms with van der Waals surface area (Å²) in [6, 6.07) is 17.7. The number of aryl methyl sites for hydroxylation is 2. The van der Waals surface area contributed by atoms with Crippen molar-refractivity contribution in [2.24, 2.45) is 0 Å². The highest BCUT2D eigenvalue weighted by atomic mass is 79.9. The van der Waals surface area contributed by atoms with Crippen LogP contribution in [-0.4, -0.2) is 20.6 Å². The SMILES string of the molecule is Cc1ccc(C)c(N(Cc2ccc(C(=O)Nc3ccc(Br)c(Cl)c3)cc2)S(C)(=O)=O)c1. The summed E-state index contributed by atoms with van der Waals surface area (Å²) in [5, 5.41) is 3.30. The number of hydrogen-bond acceptors (Lipinski definition) is 3. The van der Waals surface area contributed by atoms with Crippen LogP contribution in [0.5, 0.6) is 0 Å². The molecule has 0 unspecified atom stereocenters. The van der Waals surface area contributed by atoms with Crippen LogP contribution < -0.4 is 9.62 Å². The lowest BCUT2D eigenvalue weighted by atomic mass is 10.1. The quantitative estimate of drug-likeness (QED) is 0.437. The molecule has 3 rings (SSSR count). The number of halogens is 2. The predicted molar refractivity (Wildman–Crippen MR) is 130 cm³/mol. The van der Waals surface area contributed by atoms with Gasteiger partial charge >= 0.3 is 0 Å². The molecule has 0 aliphatic carbocycles. The van der Waals surface area contributed by atoms with Gasteiger partial charge in [0.1, 0.15) is 0 Å². The first kappa shape index (κ1) is 23.3. The molecule has 0 aliphatic heterocycles. The maximum Gasteiger partial charge on any atom is 0.255 e. The molecule has 0 saturated heterocycles. The fourth-order valence-electron chi connectivity index (χ4n) is 3.07. The van der Waals surface area contributed by atoms with Crippen LogP contribution >= 0.6 is 27.5 Å². The molecule has 0 radical (unpaired) electrons. The molecule has 31 heavy (non-hydrogen) atoms. The Bertz CT molecular complexity index is 1230. The van der Waals surface area contributed by atoms with Gasteiger partial charge in [0.15, 0.2) is 0 Å². The van der Waals surface area contributed by atoms with E-state index in [9.17, 15) is 13.2 Å². The number of benzene rings is 3. The average Bonchev–Trinajstić information content (AvgIpc) is 2.70. The minimum atomic E-state index is -3.49. The van der Waals surface area contributed by atoms with E-state index in [0.717, 1.165) is 21.2 Å². The second-order valence-corrected chi connectivity index (χ2v) is 10.5. The molecule has 8 heteroatoms. The highest BCUT2D eigenvalue weighted by Gasteiger charge is 2.20. The lowest BCUT2D eigenvalue weighted by Crippen LogP contribution is -2.30. The molecule has 0 atom stereocenters. The van der Waals surface area contributed by atoms with Crippen LogP contribution in [0.3, 0.4) is 0 Å². The van der Waals surface area contributed by atoms with Gasteiger partial charge in [-0.3, -0.25) is 9.10 Å².